The zero-order valence-electron chi connectivity index (χ0n) is 36.3. The van der Waals surface area contributed by atoms with Gasteiger partial charge < -0.3 is 65.3 Å². The Kier molecular flexibility index (Phi) is 10.3. The molecule has 11 rings (SSSR count). The van der Waals surface area contributed by atoms with E-state index in [1.165, 1.54) is 72.8 Å². The minimum atomic E-state index is -0.886. The van der Waals surface area contributed by atoms with Gasteiger partial charge in [0.25, 0.3) is 0 Å². The van der Waals surface area contributed by atoms with Crippen LogP contribution in [0, 0.1) is 0 Å². The molecule has 0 unspecified atom stereocenters. The van der Waals surface area contributed by atoms with Crippen molar-refractivity contribution in [1.29, 1.82) is 0 Å². The van der Waals surface area contributed by atoms with Gasteiger partial charge in [-0.2, -0.15) is 0 Å². The van der Waals surface area contributed by atoms with E-state index < -0.39 is 48.1 Å². The lowest BCUT2D eigenvalue weighted by molar-refractivity contribution is 0.0366. The summed E-state index contributed by atoms with van der Waals surface area (Å²) in [6.45, 7) is 0. The van der Waals surface area contributed by atoms with E-state index in [9.17, 15) is 51.1 Å². The van der Waals surface area contributed by atoms with Crippen molar-refractivity contribution in [3.05, 3.63) is 213 Å². The standard InChI is InChI=1S/C56H44O13/c57-33-9-1-27(2-10-33)53-47(31-17-37(61)21-38(62)18-31)49-43(23-41(65)25-45(49)67-53)51-52(56(30-7-15-36(60)16-8-30)69-55(51)29-5-13-35(59)14-6-29)44-24-42(66)26-46-50(44)48(32-19-39(63)22-40(64)20-32)54(68-46)28-3-11-34(58)12-4-28/h1-26,47-48,51-66H/t47-,48+,51+,52-,53+,54-,55-,56-/m0/s1. The molecule has 1 saturated heterocycles. The van der Waals surface area contributed by atoms with Crippen LogP contribution in [-0.4, -0.2) is 51.1 Å². The molecule has 3 heterocycles. The normalized spacial score (nSPS) is 22.4. The van der Waals surface area contributed by atoms with Gasteiger partial charge in [-0.3, -0.25) is 0 Å². The number of hydrogen-bond donors (Lipinski definition) is 10. The van der Waals surface area contributed by atoms with Crippen LogP contribution in [0.2, 0.25) is 0 Å². The Labute approximate surface area is 394 Å². The molecular weight excluding hydrogens is 881 g/mol. The first kappa shape index (κ1) is 42.9. The third-order valence-electron chi connectivity index (χ3n) is 13.6. The van der Waals surface area contributed by atoms with Crippen molar-refractivity contribution in [3.63, 3.8) is 0 Å². The van der Waals surface area contributed by atoms with Crippen LogP contribution in [0.15, 0.2) is 158 Å². The lowest BCUT2D eigenvalue weighted by Crippen LogP contribution is -2.19. The van der Waals surface area contributed by atoms with E-state index in [4.69, 9.17) is 14.2 Å². The molecule has 0 aliphatic carbocycles. The summed E-state index contributed by atoms with van der Waals surface area (Å²) in [6, 6.07) is 40.9. The number of rotatable bonds is 8. The summed E-state index contributed by atoms with van der Waals surface area (Å²) in [4.78, 5) is 0. The van der Waals surface area contributed by atoms with Gasteiger partial charge in [0, 0.05) is 47.2 Å². The van der Waals surface area contributed by atoms with E-state index in [2.05, 4.69) is 0 Å². The average molecular weight is 925 g/mol. The number of phenolic OH excluding ortho intramolecular Hbond substituents is 10. The third-order valence-corrected chi connectivity index (χ3v) is 13.6. The Morgan fingerprint density at radius 2 is 0.536 bits per heavy atom. The Hall–Kier alpha value is -8.68. The van der Waals surface area contributed by atoms with Crippen molar-refractivity contribution < 1.29 is 65.3 Å². The Bertz CT molecular complexity index is 2990. The molecule has 13 nitrogen and oxygen atoms in total. The average Bonchev–Trinajstić information content (AvgIpc) is 4.01. The van der Waals surface area contributed by atoms with E-state index in [1.54, 1.807) is 84.9 Å². The van der Waals surface area contributed by atoms with Gasteiger partial charge in [0.2, 0.25) is 0 Å². The lowest BCUT2D eigenvalue weighted by Gasteiger charge is -2.31. The summed E-state index contributed by atoms with van der Waals surface area (Å²) in [5.74, 6) is -3.71. The van der Waals surface area contributed by atoms with Crippen molar-refractivity contribution in [2.45, 2.75) is 48.1 Å². The van der Waals surface area contributed by atoms with Crippen LogP contribution >= 0.6 is 0 Å². The fraction of sp³-hybridized carbons (Fsp3) is 0.143. The summed E-state index contributed by atoms with van der Waals surface area (Å²) in [7, 11) is 0. The van der Waals surface area contributed by atoms with Crippen LogP contribution in [0.1, 0.15) is 104 Å². The number of hydrogen-bond acceptors (Lipinski definition) is 13. The highest BCUT2D eigenvalue weighted by Gasteiger charge is 2.53. The van der Waals surface area contributed by atoms with Crippen LogP contribution in [0.3, 0.4) is 0 Å². The summed E-state index contributed by atoms with van der Waals surface area (Å²) in [6.07, 6.45) is -3.42. The van der Waals surface area contributed by atoms with Crippen molar-refractivity contribution in [2.24, 2.45) is 0 Å². The van der Waals surface area contributed by atoms with Crippen molar-refractivity contribution in [2.75, 3.05) is 0 Å². The van der Waals surface area contributed by atoms with Gasteiger partial charge in [-0.15, -0.1) is 0 Å². The van der Waals surface area contributed by atoms with Gasteiger partial charge in [0.15, 0.2) is 0 Å². The second kappa shape index (κ2) is 16.6. The molecule has 0 radical (unpaired) electrons. The van der Waals surface area contributed by atoms with Crippen LogP contribution < -0.4 is 9.47 Å². The molecule has 8 atom stereocenters. The predicted octanol–water partition coefficient (Wildman–Crippen LogP) is 10.7. The fourth-order valence-corrected chi connectivity index (χ4v) is 10.8. The zero-order valence-corrected chi connectivity index (χ0v) is 36.3. The van der Waals surface area contributed by atoms with E-state index in [-0.39, 0.29) is 69.0 Å². The molecule has 13 heteroatoms. The summed E-state index contributed by atoms with van der Waals surface area (Å²) < 4.78 is 21.0. The summed E-state index contributed by atoms with van der Waals surface area (Å²) in [5.41, 5.74) is 5.69. The maximum Gasteiger partial charge on any atom is 0.135 e. The van der Waals surface area contributed by atoms with E-state index >= 15 is 0 Å². The number of ether oxygens (including phenoxy) is 3. The first-order valence-electron chi connectivity index (χ1n) is 22.2. The molecule has 0 bridgehead atoms. The maximum absolute atomic E-state index is 11.8. The molecule has 69 heavy (non-hydrogen) atoms. The highest BCUT2D eigenvalue weighted by atomic mass is 16.5. The third kappa shape index (κ3) is 7.68. The second-order valence-corrected chi connectivity index (χ2v) is 17.9. The largest absolute Gasteiger partial charge is 0.508 e. The van der Waals surface area contributed by atoms with Gasteiger partial charge in [-0.1, -0.05) is 48.5 Å². The molecule has 0 spiro atoms. The fourth-order valence-electron chi connectivity index (χ4n) is 10.8. The summed E-state index contributed by atoms with van der Waals surface area (Å²) in [5, 5.41) is 109. The highest BCUT2D eigenvalue weighted by molar-refractivity contribution is 5.63. The molecule has 3 aliphatic rings. The second-order valence-electron chi connectivity index (χ2n) is 17.9. The van der Waals surface area contributed by atoms with Gasteiger partial charge in [0.1, 0.15) is 81.2 Å². The minimum absolute atomic E-state index is 0.00695. The molecule has 0 saturated carbocycles. The molecule has 10 N–H and O–H groups in total. The Morgan fingerprint density at radius 3 is 0.841 bits per heavy atom. The molecule has 0 aromatic heterocycles. The van der Waals surface area contributed by atoms with E-state index in [1.807, 2.05) is 0 Å². The maximum atomic E-state index is 11.8. The van der Waals surface area contributed by atoms with Crippen LogP contribution in [0.25, 0.3) is 0 Å². The van der Waals surface area contributed by atoms with Crippen LogP contribution in [0.5, 0.6) is 69.0 Å². The van der Waals surface area contributed by atoms with E-state index in [0.717, 1.165) is 0 Å². The van der Waals surface area contributed by atoms with Crippen molar-refractivity contribution in [3.8, 4) is 69.0 Å². The smallest absolute Gasteiger partial charge is 0.135 e. The zero-order chi connectivity index (χ0) is 47.8. The molecule has 0 amide bonds. The summed E-state index contributed by atoms with van der Waals surface area (Å²) >= 11 is 0. The first-order valence-corrected chi connectivity index (χ1v) is 22.2. The van der Waals surface area contributed by atoms with Crippen molar-refractivity contribution in [1.82, 2.24) is 0 Å². The Balaban J connectivity index is 1.21. The molecular formula is C56H44O13. The predicted molar refractivity (Wildman–Crippen MR) is 251 cm³/mol. The van der Waals surface area contributed by atoms with Gasteiger partial charge in [-0.25, -0.2) is 0 Å². The first-order chi connectivity index (χ1) is 33.3. The molecule has 8 aromatic carbocycles. The molecule has 8 aromatic rings. The van der Waals surface area contributed by atoms with Crippen LogP contribution in [-0.2, 0) is 4.74 Å². The number of phenols is 10. The molecule has 346 valence electrons. The lowest BCUT2D eigenvalue weighted by atomic mass is 9.69. The SMILES string of the molecule is Oc1ccc([C@H]2Oc3cc(O)cc([C@@H]4[C@H](c5cc(O)cc6c5[C@@H](c5cc(O)cc(O)c5)[C@H](c5ccc(O)cc5)O6)[C@H](c5ccc(O)cc5)O[C@H]4c4ccc(O)cc4)c3[C@@H]2c2cc(O)cc(O)c2)cc1. The van der Waals surface area contributed by atoms with E-state index in [0.29, 0.717) is 55.6 Å². The molecule has 1 fully saturated rings. The highest BCUT2D eigenvalue weighted by Crippen LogP contribution is 2.66. The number of aromatic hydroxyl groups is 10. The van der Waals surface area contributed by atoms with Crippen molar-refractivity contribution >= 4 is 0 Å². The number of fused-ring (bicyclic) bond motifs is 2. The Morgan fingerprint density at radius 1 is 0.261 bits per heavy atom. The van der Waals surface area contributed by atoms with Gasteiger partial charge in [0.05, 0.1) is 24.0 Å². The quantitative estimate of drug-likeness (QED) is 0.0685. The van der Waals surface area contributed by atoms with Gasteiger partial charge >= 0.3 is 0 Å². The van der Waals surface area contributed by atoms with Gasteiger partial charge in [-0.05, 0) is 129 Å². The minimum Gasteiger partial charge on any atom is -0.508 e. The molecule has 3 aliphatic heterocycles. The number of benzene rings is 8. The topological polar surface area (TPSA) is 230 Å². The van der Waals surface area contributed by atoms with Crippen LogP contribution in [0.4, 0.5) is 0 Å². The monoisotopic (exact) mass is 924 g/mol.